The first-order valence-electron chi connectivity index (χ1n) is 5.97. The van der Waals surface area contributed by atoms with Crippen molar-refractivity contribution in [3.63, 3.8) is 0 Å². The van der Waals surface area contributed by atoms with Crippen molar-refractivity contribution in [3.8, 4) is 11.5 Å². The fourth-order valence-electron chi connectivity index (χ4n) is 2.39. The average Bonchev–Trinajstić information content (AvgIpc) is 3.18. The third-order valence-corrected chi connectivity index (χ3v) is 4.46. The topological polar surface area (TPSA) is 44.5 Å². The minimum atomic E-state index is 0.203. The summed E-state index contributed by atoms with van der Waals surface area (Å²) in [5.74, 6) is 1.75. The molecule has 1 aliphatic heterocycles. The van der Waals surface area contributed by atoms with Gasteiger partial charge in [-0.05, 0) is 36.8 Å². The van der Waals surface area contributed by atoms with E-state index >= 15 is 0 Å². The van der Waals surface area contributed by atoms with Gasteiger partial charge in [-0.25, -0.2) is 0 Å². The second kappa shape index (κ2) is 4.10. The van der Waals surface area contributed by atoms with Crippen LogP contribution in [0.1, 0.15) is 18.4 Å². The largest absolute Gasteiger partial charge is 0.486 e. The Labute approximate surface area is 106 Å². The standard InChI is InChI=1S/C13H17NO2S/c1-17-12-7-11-10(15-4-5-16-11)6-9(12)13(8-14)2-3-13/h6-7H,2-5,8,14H2,1H3. The lowest BCUT2D eigenvalue weighted by atomic mass is 9.95. The molecular formula is C13H17NO2S. The predicted molar refractivity (Wildman–Crippen MR) is 69.2 cm³/mol. The van der Waals surface area contributed by atoms with Gasteiger partial charge in [-0.2, -0.15) is 0 Å². The molecule has 0 amide bonds. The van der Waals surface area contributed by atoms with Crippen molar-refractivity contribution in [2.45, 2.75) is 23.2 Å². The van der Waals surface area contributed by atoms with Gasteiger partial charge in [0.2, 0.25) is 0 Å². The molecule has 1 aliphatic carbocycles. The molecule has 0 bridgehead atoms. The molecule has 1 heterocycles. The lowest BCUT2D eigenvalue weighted by Gasteiger charge is -2.23. The van der Waals surface area contributed by atoms with Crippen LogP contribution in [0.3, 0.4) is 0 Å². The summed E-state index contributed by atoms with van der Waals surface area (Å²) in [6, 6.07) is 4.24. The number of ether oxygens (including phenoxy) is 2. The van der Waals surface area contributed by atoms with Crippen molar-refractivity contribution < 1.29 is 9.47 Å². The molecule has 92 valence electrons. The SMILES string of the molecule is CSc1cc2c(cc1C1(CN)CC1)OCCO2. The van der Waals surface area contributed by atoms with Crippen LogP contribution in [0.4, 0.5) is 0 Å². The summed E-state index contributed by atoms with van der Waals surface area (Å²) in [5, 5.41) is 0. The quantitative estimate of drug-likeness (QED) is 0.836. The van der Waals surface area contributed by atoms with E-state index in [1.165, 1.54) is 23.3 Å². The highest BCUT2D eigenvalue weighted by Gasteiger charge is 2.44. The Hall–Kier alpha value is -0.870. The van der Waals surface area contributed by atoms with Crippen molar-refractivity contribution in [3.05, 3.63) is 17.7 Å². The molecule has 1 saturated carbocycles. The number of thioether (sulfide) groups is 1. The van der Waals surface area contributed by atoms with E-state index in [2.05, 4.69) is 18.4 Å². The Balaban J connectivity index is 2.07. The first kappa shape index (κ1) is 11.2. The van der Waals surface area contributed by atoms with Crippen molar-refractivity contribution >= 4 is 11.8 Å². The zero-order valence-corrected chi connectivity index (χ0v) is 10.8. The molecule has 1 aromatic rings. The summed E-state index contributed by atoms with van der Waals surface area (Å²) >= 11 is 1.76. The molecule has 0 spiro atoms. The number of fused-ring (bicyclic) bond motifs is 1. The highest BCUT2D eigenvalue weighted by atomic mass is 32.2. The van der Waals surface area contributed by atoms with E-state index in [9.17, 15) is 0 Å². The molecule has 0 radical (unpaired) electrons. The third kappa shape index (κ3) is 1.79. The molecule has 0 saturated heterocycles. The van der Waals surface area contributed by atoms with Gasteiger partial charge in [-0.1, -0.05) is 0 Å². The lowest BCUT2D eigenvalue weighted by Crippen LogP contribution is -2.22. The number of rotatable bonds is 3. The Bertz CT molecular complexity index is 443. The van der Waals surface area contributed by atoms with Gasteiger partial charge < -0.3 is 15.2 Å². The van der Waals surface area contributed by atoms with Gasteiger partial charge in [0.05, 0.1) is 0 Å². The van der Waals surface area contributed by atoms with Gasteiger partial charge in [0, 0.05) is 16.9 Å². The summed E-state index contributed by atoms with van der Waals surface area (Å²) in [6.07, 6.45) is 4.48. The van der Waals surface area contributed by atoms with Crippen LogP contribution in [0.25, 0.3) is 0 Å². The van der Waals surface area contributed by atoms with Crippen molar-refractivity contribution in [2.75, 3.05) is 26.0 Å². The smallest absolute Gasteiger partial charge is 0.162 e. The van der Waals surface area contributed by atoms with Crippen molar-refractivity contribution in [1.82, 2.24) is 0 Å². The fraction of sp³-hybridized carbons (Fsp3) is 0.538. The van der Waals surface area contributed by atoms with Gasteiger partial charge in [0.15, 0.2) is 11.5 Å². The molecule has 0 unspecified atom stereocenters. The third-order valence-electron chi connectivity index (χ3n) is 3.68. The minimum Gasteiger partial charge on any atom is -0.486 e. The predicted octanol–water partition coefficient (Wildman–Crippen LogP) is 2.17. The molecule has 0 aromatic heterocycles. The van der Waals surface area contributed by atoms with Crippen LogP contribution in [0.5, 0.6) is 11.5 Å². The highest BCUT2D eigenvalue weighted by molar-refractivity contribution is 7.98. The maximum absolute atomic E-state index is 5.92. The van der Waals surface area contributed by atoms with E-state index in [1.54, 1.807) is 11.8 Å². The second-order valence-electron chi connectivity index (χ2n) is 4.68. The Morgan fingerprint density at radius 3 is 2.41 bits per heavy atom. The van der Waals surface area contributed by atoms with E-state index in [4.69, 9.17) is 15.2 Å². The van der Waals surface area contributed by atoms with E-state index < -0.39 is 0 Å². The first-order chi connectivity index (χ1) is 8.29. The van der Waals surface area contributed by atoms with E-state index in [0.717, 1.165) is 18.0 Å². The maximum Gasteiger partial charge on any atom is 0.162 e. The molecule has 2 aliphatic rings. The molecular weight excluding hydrogens is 234 g/mol. The molecule has 1 aromatic carbocycles. The molecule has 3 rings (SSSR count). The van der Waals surface area contributed by atoms with Crippen LogP contribution in [0.15, 0.2) is 17.0 Å². The highest BCUT2D eigenvalue weighted by Crippen LogP contribution is 2.52. The van der Waals surface area contributed by atoms with Crippen molar-refractivity contribution in [1.29, 1.82) is 0 Å². The summed E-state index contributed by atoms with van der Waals surface area (Å²) in [4.78, 5) is 1.28. The molecule has 1 fully saturated rings. The first-order valence-corrected chi connectivity index (χ1v) is 7.20. The van der Waals surface area contributed by atoms with Gasteiger partial charge in [-0.15, -0.1) is 11.8 Å². The van der Waals surface area contributed by atoms with Gasteiger partial charge >= 0.3 is 0 Å². The summed E-state index contributed by atoms with van der Waals surface area (Å²) in [7, 11) is 0. The molecule has 4 heteroatoms. The summed E-state index contributed by atoms with van der Waals surface area (Å²) in [6.45, 7) is 2.00. The Morgan fingerprint density at radius 2 is 1.88 bits per heavy atom. The number of nitrogens with two attached hydrogens (primary N) is 1. The van der Waals surface area contributed by atoms with Crippen LogP contribution in [0.2, 0.25) is 0 Å². The zero-order valence-electron chi connectivity index (χ0n) is 9.99. The minimum absolute atomic E-state index is 0.203. The van der Waals surface area contributed by atoms with E-state index in [-0.39, 0.29) is 5.41 Å². The van der Waals surface area contributed by atoms with Gasteiger partial charge in [0.25, 0.3) is 0 Å². The van der Waals surface area contributed by atoms with Crippen molar-refractivity contribution in [2.24, 2.45) is 5.73 Å². The van der Waals surface area contributed by atoms with Crippen LogP contribution in [-0.4, -0.2) is 26.0 Å². The van der Waals surface area contributed by atoms with E-state index in [0.29, 0.717) is 13.2 Å². The summed E-state index contributed by atoms with van der Waals surface area (Å²) < 4.78 is 11.3. The number of hydrogen-bond donors (Lipinski definition) is 1. The number of hydrogen-bond acceptors (Lipinski definition) is 4. The second-order valence-corrected chi connectivity index (χ2v) is 5.53. The van der Waals surface area contributed by atoms with Gasteiger partial charge in [-0.3, -0.25) is 0 Å². The summed E-state index contributed by atoms with van der Waals surface area (Å²) in [5.41, 5.74) is 7.47. The Morgan fingerprint density at radius 1 is 1.24 bits per heavy atom. The molecule has 17 heavy (non-hydrogen) atoms. The molecule has 0 atom stereocenters. The maximum atomic E-state index is 5.92. The van der Waals surface area contributed by atoms with Gasteiger partial charge in [0.1, 0.15) is 13.2 Å². The fourth-order valence-corrected chi connectivity index (χ4v) is 3.11. The zero-order chi connectivity index (χ0) is 11.9. The lowest BCUT2D eigenvalue weighted by molar-refractivity contribution is 0.170. The van der Waals surface area contributed by atoms with E-state index in [1.807, 2.05) is 0 Å². The average molecular weight is 251 g/mol. The number of benzene rings is 1. The monoisotopic (exact) mass is 251 g/mol. The molecule has 3 nitrogen and oxygen atoms in total. The van der Waals surface area contributed by atoms with Crippen LogP contribution in [-0.2, 0) is 5.41 Å². The van der Waals surface area contributed by atoms with Crippen LogP contribution < -0.4 is 15.2 Å². The molecule has 2 N–H and O–H groups in total. The Kier molecular flexibility index (Phi) is 2.71. The van der Waals surface area contributed by atoms with Crippen LogP contribution >= 0.6 is 11.8 Å². The normalized spacial score (nSPS) is 20.1. The van der Waals surface area contributed by atoms with Crippen LogP contribution in [0, 0.1) is 0 Å².